The zero-order valence-electron chi connectivity index (χ0n) is 16.9. The topological polar surface area (TPSA) is 89.8 Å². The van der Waals surface area contributed by atoms with Gasteiger partial charge in [-0.25, -0.2) is 13.7 Å². The molecule has 0 saturated carbocycles. The van der Waals surface area contributed by atoms with Gasteiger partial charge in [-0.15, -0.1) is 16.4 Å². The quantitative estimate of drug-likeness (QED) is 0.453. The number of methoxy groups -OCH3 is 2. The maximum absolute atomic E-state index is 14.0. The molecule has 0 fully saturated rings. The van der Waals surface area contributed by atoms with Crippen molar-refractivity contribution in [1.82, 2.24) is 19.9 Å². The summed E-state index contributed by atoms with van der Waals surface area (Å²) in [5.74, 6) is 1.10. The van der Waals surface area contributed by atoms with Gasteiger partial charge < -0.3 is 20.1 Å². The summed E-state index contributed by atoms with van der Waals surface area (Å²) in [6.45, 7) is 0.380. The van der Waals surface area contributed by atoms with Crippen LogP contribution in [0.3, 0.4) is 0 Å². The van der Waals surface area contributed by atoms with Crippen molar-refractivity contribution >= 4 is 28.0 Å². The molecule has 0 bridgehead atoms. The maximum Gasteiger partial charge on any atom is 0.319 e. The largest absolute Gasteiger partial charge is 0.497 e. The number of thiazole rings is 1. The fourth-order valence-corrected chi connectivity index (χ4v) is 3.88. The molecule has 2 aromatic heterocycles. The van der Waals surface area contributed by atoms with Gasteiger partial charge >= 0.3 is 6.03 Å². The fourth-order valence-electron chi connectivity index (χ4n) is 3.03. The van der Waals surface area contributed by atoms with Gasteiger partial charge in [-0.3, -0.25) is 0 Å². The summed E-state index contributed by atoms with van der Waals surface area (Å²) in [4.78, 5) is 17.3. The van der Waals surface area contributed by atoms with Gasteiger partial charge in [0, 0.05) is 24.4 Å². The average Bonchev–Trinajstić information content (AvgIpc) is 3.36. The minimum absolute atomic E-state index is 0.337. The van der Waals surface area contributed by atoms with Gasteiger partial charge in [0.25, 0.3) is 0 Å². The molecule has 8 nitrogen and oxygen atoms in total. The fraction of sp³-hybridized carbons (Fsp3) is 0.190. The first-order valence-electron chi connectivity index (χ1n) is 9.44. The van der Waals surface area contributed by atoms with E-state index in [4.69, 9.17) is 9.47 Å². The van der Waals surface area contributed by atoms with Gasteiger partial charge in [0.1, 0.15) is 17.3 Å². The molecule has 0 aliphatic rings. The first-order chi connectivity index (χ1) is 15.1. The van der Waals surface area contributed by atoms with E-state index in [1.165, 1.54) is 24.5 Å². The maximum atomic E-state index is 14.0. The highest BCUT2D eigenvalue weighted by Gasteiger charge is 2.14. The van der Waals surface area contributed by atoms with Crippen LogP contribution in [0.5, 0.6) is 11.5 Å². The summed E-state index contributed by atoms with van der Waals surface area (Å²) in [7, 11) is 3.08. The van der Waals surface area contributed by atoms with Gasteiger partial charge in [0.2, 0.25) is 4.96 Å². The van der Waals surface area contributed by atoms with Crippen molar-refractivity contribution < 1.29 is 18.7 Å². The van der Waals surface area contributed by atoms with Crippen molar-refractivity contribution in [3.05, 3.63) is 59.4 Å². The minimum Gasteiger partial charge on any atom is -0.497 e. The van der Waals surface area contributed by atoms with Crippen LogP contribution in [-0.2, 0) is 6.42 Å². The molecule has 0 aliphatic heterocycles. The number of amides is 2. The van der Waals surface area contributed by atoms with Crippen molar-refractivity contribution in [2.75, 3.05) is 26.1 Å². The number of aromatic nitrogens is 3. The van der Waals surface area contributed by atoms with E-state index in [0.717, 1.165) is 5.69 Å². The number of hydrogen-bond donors (Lipinski definition) is 2. The summed E-state index contributed by atoms with van der Waals surface area (Å²) in [5, 5.41) is 11.9. The van der Waals surface area contributed by atoms with Gasteiger partial charge in [-0.2, -0.15) is 4.98 Å². The molecular formula is C21H20FN5O3S. The Kier molecular flexibility index (Phi) is 5.99. The van der Waals surface area contributed by atoms with Crippen LogP contribution >= 0.6 is 11.3 Å². The SMILES string of the molecule is COc1ccc(NC(=O)NCCc2csc3nc(-c4ccccc4F)nn23)c(OC)c1. The summed E-state index contributed by atoms with van der Waals surface area (Å²) >= 11 is 1.42. The first-order valence-corrected chi connectivity index (χ1v) is 10.3. The Morgan fingerprint density at radius 2 is 2.03 bits per heavy atom. The van der Waals surface area contributed by atoms with Crippen LogP contribution in [0.1, 0.15) is 5.69 Å². The molecule has 0 aliphatic carbocycles. The number of carbonyl (C=O) groups is 1. The molecule has 4 rings (SSSR count). The van der Waals surface area contributed by atoms with E-state index in [1.807, 2.05) is 5.38 Å². The van der Waals surface area contributed by atoms with Crippen LogP contribution in [-0.4, -0.2) is 41.4 Å². The Labute approximate surface area is 181 Å². The average molecular weight is 441 g/mol. The van der Waals surface area contributed by atoms with E-state index in [2.05, 4.69) is 20.7 Å². The number of nitrogens with zero attached hydrogens (tertiary/aromatic N) is 3. The van der Waals surface area contributed by atoms with E-state index in [0.29, 0.717) is 46.5 Å². The smallest absolute Gasteiger partial charge is 0.319 e. The normalized spacial score (nSPS) is 10.8. The van der Waals surface area contributed by atoms with E-state index in [1.54, 1.807) is 48.0 Å². The van der Waals surface area contributed by atoms with E-state index in [9.17, 15) is 9.18 Å². The Balaban J connectivity index is 1.39. The van der Waals surface area contributed by atoms with Crippen LogP contribution in [0.4, 0.5) is 14.9 Å². The Bertz CT molecular complexity index is 1220. The van der Waals surface area contributed by atoms with Crippen LogP contribution in [0.2, 0.25) is 0 Å². The van der Waals surface area contributed by atoms with Crippen molar-refractivity contribution in [3.63, 3.8) is 0 Å². The third-order valence-electron chi connectivity index (χ3n) is 4.59. The van der Waals surface area contributed by atoms with Gasteiger partial charge in [-0.05, 0) is 24.3 Å². The predicted octanol–water partition coefficient (Wildman–Crippen LogP) is 3.98. The number of ether oxygens (including phenoxy) is 2. The molecule has 0 radical (unpaired) electrons. The Hall–Kier alpha value is -3.66. The lowest BCUT2D eigenvalue weighted by Crippen LogP contribution is -2.30. The van der Waals surface area contributed by atoms with Crippen molar-refractivity contribution in [3.8, 4) is 22.9 Å². The summed E-state index contributed by atoms with van der Waals surface area (Å²) in [6.07, 6.45) is 0.535. The lowest BCUT2D eigenvalue weighted by Gasteiger charge is -2.12. The molecule has 2 amide bonds. The predicted molar refractivity (Wildman–Crippen MR) is 117 cm³/mol. The third kappa shape index (κ3) is 4.43. The zero-order chi connectivity index (χ0) is 21.8. The Morgan fingerprint density at radius 3 is 2.81 bits per heavy atom. The number of anilines is 1. The van der Waals surface area contributed by atoms with Crippen molar-refractivity contribution in [2.45, 2.75) is 6.42 Å². The molecule has 0 unspecified atom stereocenters. The second kappa shape index (κ2) is 9.00. The molecule has 2 heterocycles. The lowest BCUT2D eigenvalue weighted by atomic mass is 10.2. The van der Waals surface area contributed by atoms with Gasteiger partial charge in [-0.1, -0.05) is 12.1 Å². The van der Waals surface area contributed by atoms with Crippen molar-refractivity contribution in [2.24, 2.45) is 0 Å². The zero-order valence-corrected chi connectivity index (χ0v) is 17.7. The highest BCUT2D eigenvalue weighted by Crippen LogP contribution is 2.29. The number of benzene rings is 2. The van der Waals surface area contributed by atoms with Crippen LogP contribution in [0.15, 0.2) is 47.8 Å². The number of nitrogens with one attached hydrogen (secondary N) is 2. The van der Waals surface area contributed by atoms with Gasteiger partial charge in [0.15, 0.2) is 5.82 Å². The van der Waals surface area contributed by atoms with E-state index >= 15 is 0 Å². The van der Waals surface area contributed by atoms with E-state index < -0.39 is 0 Å². The molecule has 0 atom stereocenters. The van der Waals surface area contributed by atoms with Crippen LogP contribution in [0, 0.1) is 5.82 Å². The summed E-state index contributed by atoms with van der Waals surface area (Å²) in [5.41, 5.74) is 1.76. The first kappa shape index (κ1) is 20.6. The Morgan fingerprint density at radius 1 is 1.19 bits per heavy atom. The second-order valence-corrected chi connectivity index (χ2v) is 7.37. The number of hydrogen-bond acceptors (Lipinski definition) is 6. The number of rotatable bonds is 7. The number of urea groups is 1. The van der Waals surface area contributed by atoms with Crippen LogP contribution < -0.4 is 20.1 Å². The highest BCUT2D eigenvalue weighted by molar-refractivity contribution is 7.15. The molecule has 4 aromatic rings. The molecular weight excluding hydrogens is 421 g/mol. The standard InChI is InChI=1S/C21H20FN5O3S/c1-29-14-7-8-17(18(11-14)30-2)24-20(28)23-10-9-13-12-31-21-25-19(26-27(13)21)15-5-3-4-6-16(15)22/h3-8,11-12H,9-10H2,1-2H3,(H2,23,24,28). The molecule has 10 heteroatoms. The van der Waals surface area contributed by atoms with Crippen LogP contribution in [0.25, 0.3) is 16.3 Å². The summed E-state index contributed by atoms with van der Waals surface area (Å²) in [6, 6.07) is 11.2. The minimum atomic E-state index is -0.366. The number of halogens is 1. The molecule has 2 aromatic carbocycles. The summed E-state index contributed by atoms with van der Waals surface area (Å²) < 4.78 is 26.1. The third-order valence-corrected chi connectivity index (χ3v) is 5.45. The molecule has 2 N–H and O–H groups in total. The van der Waals surface area contributed by atoms with E-state index in [-0.39, 0.29) is 11.8 Å². The number of carbonyl (C=O) groups excluding carboxylic acids is 1. The second-order valence-electron chi connectivity index (χ2n) is 6.53. The molecule has 31 heavy (non-hydrogen) atoms. The molecule has 0 spiro atoms. The lowest BCUT2D eigenvalue weighted by molar-refractivity contribution is 0.252. The monoisotopic (exact) mass is 441 g/mol. The van der Waals surface area contributed by atoms with Crippen molar-refractivity contribution in [1.29, 1.82) is 0 Å². The molecule has 160 valence electrons. The highest BCUT2D eigenvalue weighted by atomic mass is 32.1. The number of fused-ring (bicyclic) bond motifs is 1. The molecule has 0 saturated heterocycles. The van der Waals surface area contributed by atoms with Gasteiger partial charge in [0.05, 0.1) is 31.2 Å².